The van der Waals surface area contributed by atoms with Crippen LogP contribution in [0.4, 0.5) is 5.69 Å². The van der Waals surface area contributed by atoms with Crippen molar-refractivity contribution in [2.24, 2.45) is 5.84 Å². The summed E-state index contributed by atoms with van der Waals surface area (Å²) in [6, 6.07) is 5.35. The Morgan fingerprint density at radius 2 is 2.21 bits per heavy atom. The molecule has 100 valence electrons. The van der Waals surface area contributed by atoms with E-state index in [-0.39, 0.29) is 12.5 Å². The van der Waals surface area contributed by atoms with Gasteiger partial charge in [0.15, 0.2) is 5.82 Å². The van der Waals surface area contributed by atoms with E-state index in [4.69, 9.17) is 10.4 Å². The lowest BCUT2D eigenvalue weighted by Gasteiger charge is -2.09. The molecule has 2 aromatic rings. The minimum Gasteiger partial charge on any atom is -0.345 e. The van der Waals surface area contributed by atoms with Gasteiger partial charge in [-0.25, -0.2) is 0 Å². The molecule has 7 heteroatoms. The lowest BCUT2D eigenvalue weighted by Crippen LogP contribution is -2.25. The summed E-state index contributed by atoms with van der Waals surface area (Å²) >= 11 is 0. The van der Waals surface area contributed by atoms with E-state index in [1.807, 2.05) is 13.0 Å². The SMILES string of the molecule is Cc1ccc(C(=O)NCc2noc(C)n2)c(NN)c1. The largest absolute Gasteiger partial charge is 0.345 e. The van der Waals surface area contributed by atoms with Crippen molar-refractivity contribution in [1.82, 2.24) is 15.5 Å². The molecule has 0 unspecified atom stereocenters. The minimum absolute atomic E-state index is 0.202. The van der Waals surface area contributed by atoms with Crippen LogP contribution in [0, 0.1) is 13.8 Å². The summed E-state index contributed by atoms with van der Waals surface area (Å²) < 4.78 is 4.82. The highest BCUT2D eigenvalue weighted by molar-refractivity contribution is 5.99. The number of nitrogens with zero attached hydrogens (tertiary/aromatic N) is 2. The molecule has 0 spiro atoms. The summed E-state index contributed by atoms with van der Waals surface area (Å²) in [5, 5.41) is 6.40. The number of hydrazine groups is 1. The van der Waals surface area contributed by atoms with Gasteiger partial charge < -0.3 is 15.3 Å². The van der Waals surface area contributed by atoms with Gasteiger partial charge in [0.25, 0.3) is 5.91 Å². The van der Waals surface area contributed by atoms with Crippen LogP contribution in [0.2, 0.25) is 0 Å². The number of hydrogen-bond donors (Lipinski definition) is 3. The lowest BCUT2D eigenvalue weighted by molar-refractivity contribution is 0.0950. The van der Waals surface area contributed by atoms with Crippen molar-refractivity contribution in [1.29, 1.82) is 0 Å². The Labute approximate surface area is 110 Å². The number of carbonyl (C=O) groups is 1. The Kier molecular flexibility index (Phi) is 3.76. The van der Waals surface area contributed by atoms with Gasteiger partial charge in [0, 0.05) is 6.92 Å². The number of anilines is 1. The summed E-state index contributed by atoms with van der Waals surface area (Å²) in [6.07, 6.45) is 0. The van der Waals surface area contributed by atoms with Gasteiger partial charge in [-0.1, -0.05) is 11.2 Å². The van der Waals surface area contributed by atoms with Crippen LogP contribution >= 0.6 is 0 Å². The number of benzene rings is 1. The number of carbonyl (C=O) groups excluding carboxylic acids is 1. The van der Waals surface area contributed by atoms with Crippen molar-refractivity contribution in [2.45, 2.75) is 20.4 Å². The highest BCUT2D eigenvalue weighted by Crippen LogP contribution is 2.16. The van der Waals surface area contributed by atoms with Crippen molar-refractivity contribution < 1.29 is 9.32 Å². The third-order valence-electron chi connectivity index (χ3n) is 2.55. The van der Waals surface area contributed by atoms with Gasteiger partial charge >= 0.3 is 0 Å². The van der Waals surface area contributed by atoms with Crippen LogP contribution in [0.3, 0.4) is 0 Å². The standard InChI is InChI=1S/C12H15N5O2/c1-7-3-4-9(10(5-7)16-13)12(18)14-6-11-15-8(2)19-17-11/h3-5,16H,6,13H2,1-2H3,(H,14,18). The third kappa shape index (κ3) is 3.08. The molecular formula is C12H15N5O2. The number of rotatable bonds is 4. The van der Waals surface area contributed by atoms with E-state index in [2.05, 4.69) is 20.9 Å². The van der Waals surface area contributed by atoms with Gasteiger partial charge in [-0.15, -0.1) is 0 Å². The zero-order valence-electron chi connectivity index (χ0n) is 10.7. The molecule has 0 aliphatic heterocycles. The molecule has 0 aliphatic carbocycles. The maximum atomic E-state index is 12.0. The first-order chi connectivity index (χ1) is 9.10. The van der Waals surface area contributed by atoms with E-state index < -0.39 is 0 Å². The van der Waals surface area contributed by atoms with Gasteiger partial charge in [-0.2, -0.15) is 4.98 Å². The number of aromatic nitrogens is 2. The molecule has 0 atom stereocenters. The molecule has 2 rings (SSSR count). The van der Waals surface area contributed by atoms with Crippen molar-refractivity contribution in [3.63, 3.8) is 0 Å². The summed E-state index contributed by atoms with van der Waals surface area (Å²) in [5.74, 6) is 6.04. The summed E-state index contributed by atoms with van der Waals surface area (Å²) in [4.78, 5) is 16.0. The first kappa shape index (κ1) is 13.0. The Morgan fingerprint density at radius 3 is 2.84 bits per heavy atom. The van der Waals surface area contributed by atoms with Gasteiger partial charge in [0.1, 0.15) is 0 Å². The molecular weight excluding hydrogens is 246 g/mol. The molecule has 1 heterocycles. The van der Waals surface area contributed by atoms with Crippen LogP contribution < -0.4 is 16.6 Å². The molecule has 1 amide bonds. The molecule has 0 saturated heterocycles. The van der Waals surface area contributed by atoms with Crippen LogP contribution in [0.15, 0.2) is 22.7 Å². The van der Waals surface area contributed by atoms with Crippen molar-refractivity contribution in [2.75, 3.05) is 5.43 Å². The monoisotopic (exact) mass is 261 g/mol. The Morgan fingerprint density at radius 1 is 1.42 bits per heavy atom. The van der Waals surface area contributed by atoms with Crippen molar-refractivity contribution in [3.05, 3.63) is 41.0 Å². The van der Waals surface area contributed by atoms with Gasteiger partial charge in [-0.05, 0) is 24.6 Å². The quantitative estimate of drug-likeness (QED) is 0.557. The van der Waals surface area contributed by atoms with E-state index in [1.165, 1.54) is 0 Å². The zero-order chi connectivity index (χ0) is 13.8. The minimum atomic E-state index is -0.254. The maximum Gasteiger partial charge on any atom is 0.253 e. The highest BCUT2D eigenvalue weighted by Gasteiger charge is 2.12. The predicted molar refractivity (Wildman–Crippen MR) is 69.2 cm³/mol. The first-order valence-electron chi connectivity index (χ1n) is 5.75. The van der Waals surface area contributed by atoms with Crippen LogP contribution in [0.25, 0.3) is 0 Å². The molecule has 7 nitrogen and oxygen atoms in total. The average molecular weight is 261 g/mol. The van der Waals surface area contributed by atoms with Crippen molar-refractivity contribution >= 4 is 11.6 Å². The summed E-state index contributed by atoms with van der Waals surface area (Å²) in [6.45, 7) is 3.81. The van der Waals surface area contributed by atoms with Gasteiger partial charge in [-0.3, -0.25) is 10.6 Å². The van der Waals surface area contributed by atoms with E-state index in [1.54, 1.807) is 19.1 Å². The van der Waals surface area contributed by atoms with E-state index >= 15 is 0 Å². The molecule has 4 N–H and O–H groups in total. The normalized spacial score (nSPS) is 10.3. The molecule has 0 saturated carbocycles. The fourth-order valence-electron chi connectivity index (χ4n) is 1.64. The summed E-state index contributed by atoms with van der Waals surface area (Å²) in [7, 11) is 0. The Bertz CT molecular complexity index is 594. The van der Waals surface area contributed by atoms with Gasteiger partial charge in [0.05, 0.1) is 17.8 Å². The smallest absolute Gasteiger partial charge is 0.253 e. The molecule has 0 fully saturated rings. The zero-order valence-corrected chi connectivity index (χ0v) is 10.7. The lowest BCUT2D eigenvalue weighted by atomic mass is 10.1. The highest BCUT2D eigenvalue weighted by atomic mass is 16.5. The topological polar surface area (TPSA) is 106 Å². The number of hydrogen-bond acceptors (Lipinski definition) is 6. The Balaban J connectivity index is 2.07. The van der Waals surface area contributed by atoms with Crippen LogP contribution in [-0.2, 0) is 6.54 Å². The fourth-order valence-corrected chi connectivity index (χ4v) is 1.64. The van der Waals surface area contributed by atoms with Crippen LogP contribution in [0.1, 0.15) is 27.6 Å². The predicted octanol–water partition coefficient (Wildman–Crippen LogP) is 0.902. The second kappa shape index (κ2) is 5.49. The fraction of sp³-hybridized carbons (Fsp3) is 0.250. The molecule has 1 aromatic heterocycles. The van der Waals surface area contributed by atoms with E-state index in [0.29, 0.717) is 23.0 Å². The van der Waals surface area contributed by atoms with Gasteiger partial charge in [0.2, 0.25) is 5.89 Å². The van der Waals surface area contributed by atoms with Crippen LogP contribution in [-0.4, -0.2) is 16.0 Å². The van der Waals surface area contributed by atoms with Crippen LogP contribution in [0.5, 0.6) is 0 Å². The number of nitrogen functional groups attached to an aromatic ring is 1. The number of nitrogens with one attached hydrogen (secondary N) is 2. The number of aryl methyl sites for hydroxylation is 2. The first-order valence-corrected chi connectivity index (χ1v) is 5.75. The van der Waals surface area contributed by atoms with Crippen molar-refractivity contribution in [3.8, 4) is 0 Å². The number of nitrogens with two attached hydrogens (primary N) is 1. The molecule has 0 radical (unpaired) electrons. The molecule has 19 heavy (non-hydrogen) atoms. The maximum absolute atomic E-state index is 12.0. The number of amides is 1. The second-order valence-electron chi connectivity index (χ2n) is 4.11. The Hall–Kier alpha value is -2.41. The molecule has 0 bridgehead atoms. The van der Waals surface area contributed by atoms with E-state index in [9.17, 15) is 4.79 Å². The molecule has 1 aromatic carbocycles. The average Bonchev–Trinajstić information content (AvgIpc) is 2.81. The molecule has 0 aliphatic rings. The summed E-state index contributed by atoms with van der Waals surface area (Å²) in [5.41, 5.74) is 4.56. The second-order valence-corrected chi connectivity index (χ2v) is 4.11. The third-order valence-corrected chi connectivity index (χ3v) is 2.55. The van der Waals surface area contributed by atoms with E-state index in [0.717, 1.165) is 5.56 Å².